The summed E-state index contributed by atoms with van der Waals surface area (Å²) < 4.78 is 0. The van der Waals surface area contributed by atoms with Crippen molar-refractivity contribution in [2.24, 2.45) is 5.92 Å². The van der Waals surface area contributed by atoms with Gasteiger partial charge in [-0.05, 0) is 50.3 Å². The molecule has 2 heterocycles. The maximum Gasteiger partial charge on any atom is 0.252 e. The van der Waals surface area contributed by atoms with Crippen LogP contribution in [0.25, 0.3) is 0 Å². The van der Waals surface area contributed by atoms with E-state index in [-0.39, 0.29) is 5.91 Å². The third-order valence-electron chi connectivity index (χ3n) is 5.13. The fourth-order valence-corrected chi connectivity index (χ4v) is 4.51. The van der Waals surface area contributed by atoms with Gasteiger partial charge in [-0.2, -0.15) is 0 Å². The minimum Gasteiger partial charge on any atom is -0.351 e. The molecule has 1 amide bonds. The molecule has 0 spiro atoms. The molecule has 2 saturated heterocycles. The van der Waals surface area contributed by atoms with Crippen LogP contribution >= 0.6 is 23.2 Å². The number of fused-ring (bicyclic) bond motifs is 1. The van der Waals surface area contributed by atoms with Crippen molar-refractivity contribution in [2.75, 3.05) is 19.6 Å². The number of piperidine rings is 2. The van der Waals surface area contributed by atoms with Crippen LogP contribution in [0.1, 0.15) is 42.5 Å². The van der Waals surface area contributed by atoms with Gasteiger partial charge in [-0.25, -0.2) is 0 Å². The minimum absolute atomic E-state index is 0.0930. The Morgan fingerprint density at radius 3 is 2.82 bits per heavy atom. The third-order valence-corrected chi connectivity index (χ3v) is 5.68. The molecule has 2 aliphatic rings. The number of rotatable bonds is 3. The van der Waals surface area contributed by atoms with Crippen molar-refractivity contribution in [3.8, 4) is 0 Å². The molecular weight excluding hydrogens is 319 g/mol. The van der Waals surface area contributed by atoms with Gasteiger partial charge in [-0.1, -0.05) is 23.2 Å². The van der Waals surface area contributed by atoms with Crippen molar-refractivity contribution < 1.29 is 9.69 Å². The van der Waals surface area contributed by atoms with Crippen LogP contribution in [0.2, 0.25) is 10.0 Å². The molecule has 1 aromatic carbocycles. The number of halogens is 2. The average Bonchev–Trinajstić information content (AvgIpc) is 2.52. The molecule has 2 N–H and O–H groups in total. The highest BCUT2D eigenvalue weighted by atomic mass is 35.5. The molecule has 3 atom stereocenters. The van der Waals surface area contributed by atoms with E-state index in [0.717, 1.165) is 12.6 Å². The number of amides is 1. The number of quaternary nitrogens is 1. The van der Waals surface area contributed by atoms with Crippen LogP contribution < -0.4 is 10.2 Å². The van der Waals surface area contributed by atoms with Crippen LogP contribution in [0.5, 0.6) is 0 Å². The van der Waals surface area contributed by atoms with E-state index in [1.54, 1.807) is 23.1 Å². The van der Waals surface area contributed by atoms with Crippen LogP contribution in [-0.4, -0.2) is 31.6 Å². The van der Waals surface area contributed by atoms with Gasteiger partial charge in [0.2, 0.25) is 0 Å². The van der Waals surface area contributed by atoms with Gasteiger partial charge in [0.1, 0.15) is 0 Å². The largest absolute Gasteiger partial charge is 0.351 e. The van der Waals surface area contributed by atoms with Crippen molar-refractivity contribution >= 4 is 29.1 Å². The summed E-state index contributed by atoms with van der Waals surface area (Å²) in [5.74, 6) is 0.503. The first-order valence-corrected chi connectivity index (χ1v) is 8.98. The van der Waals surface area contributed by atoms with Crippen LogP contribution in [0.3, 0.4) is 0 Å². The van der Waals surface area contributed by atoms with E-state index < -0.39 is 0 Å². The predicted octanol–water partition coefficient (Wildman–Crippen LogP) is 2.57. The molecule has 2 aliphatic heterocycles. The Morgan fingerprint density at radius 2 is 2.00 bits per heavy atom. The topological polar surface area (TPSA) is 33.5 Å². The van der Waals surface area contributed by atoms with Gasteiger partial charge < -0.3 is 10.2 Å². The number of carbonyl (C=O) groups is 1. The van der Waals surface area contributed by atoms with Crippen LogP contribution in [0.15, 0.2) is 18.2 Å². The van der Waals surface area contributed by atoms with Gasteiger partial charge in [0.15, 0.2) is 0 Å². The Bertz CT molecular complexity index is 547. The second-order valence-corrected chi connectivity index (χ2v) is 7.34. The summed E-state index contributed by atoms with van der Waals surface area (Å²) >= 11 is 12.0. The highest BCUT2D eigenvalue weighted by Gasteiger charge is 2.36. The standard InChI is InChI=1S/C17H22Cl2N2O/c18-13-6-7-14(15(19)10-13)17(22)20-11-12-4-3-9-21-8-2-1-5-16(12)21/h6-7,10,12,16H,1-5,8-9,11H2,(H,20,22)/p+1/t12-,16-/m0/s1. The summed E-state index contributed by atoms with van der Waals surface area (Å²) in [6, 6.07) is 5.74. The van der Waals surface area contributed by atoms with E-state index in [9.17, 15) is 4.79 Å². The Balaban J connectivity index is 1.60. The number of carbonyl (C=O) groups excluding carboxylic acids is 1. The molecule has 1 unspecified atom stereocenters. The average molecular weight is 342 g/mol. The quantitative estimate of drug-likeness (QED) is 0.870. The van der Waals surface area contributed by atoms with Crippen LogP contribution in [0.4, 0.5) is 0 Å². The Labute approximate surface area is 142 Å². The summed E-state index contributed by atoms with van der Waals surface area (Å²) in [7, 11) is 0. The van der Waals surface area contributed by atoms with Gasteiger partial charge in [-0.3, -0.25) is 4.79 Å². The second kappa shape index (κ2) is 7.20. The van der Waals surface area contributed by atoms with E-state index in [0.29, 0.717) is 21.5 Å². The first kappa shape index (κ1) is 16.1. The van der Waals surface area contributed by atoms with Gasteiger partial charge >= 0.3 is 0 Å². The lowest BCUT2D eigenvalue weighted by molar-refractivity contribution is -0.939. The maximum absolute atomic E-state index is 12.3. The van der Waals surface area contributed by atoms with E-state index >= 15 is 0 Å². The zero-order chi connectivity index (χ0) is 15.5. The van der Waals surface area contributed by atoms with Crippen molar-refractivity contribution in [1.82, 2.24) is 5.32 Å². The van der Waals surface area contributed by atoms with Gasteiger partial charge in [-0.15, -0.1) is 0 Å². The van der Waals surface area contributed by atoms with Crippen molar-refractivity contribution in [3.63, 3.8) is 0 Å². The molecule has 5 heteroatoms. The molecule has 0 radical (unpaired) electrons. The third kappa shape index (κ3) is 3.58. The number of hydrogen-bond acceptors (Lipinski definition) is 1. The maximum atomic E-state index is 12.3. The van der Waals surface area contributed by atoms with E-state index in [1.165, 1.54) is 45.2 Å². The first-order valence-electron chi connectivity index (χ1n) is 8.23. The summed E-state index contributed by atoms with van der Waals surface area (Å²) in [4.78, 5) is 14.1. The molecule has 0 bridgehead atoms. The summed E-state index contributed by atoms with van der Waals surface area (Å²) in [5.41, 5.74) is 0.509. The highest BCUT2D eigenvalue weighted by Crippen LogP contribution is 2.22. The fraction of sp³-hybridized carbons (Fsp3) is 0.588. The highest BCUT2D eigenvalue weighted by molar-refractivity contribution is 6.36. The first-order chi connectivity index (χ1) is 10.6. The van der Waals surface area contributed by atoms with Gasteiger partial charge in [0.05, 0.1) is 29.7 Å². The Hall–Kier alpha value is -0.770. The van der Waals surface area contributed by atoms with Crippen molar-refractivity contribution in [3.05, 3.63) is 33.8 Å². The molecule has 0 aliphatic carbocycles. The Morgan fingerprint density at radius 1 is 1.18 bits per heavy atom. The lowest BCUT2D eigenvalue weighted by Gasteiger charge is -2.41. The minimum atomic E-state index is -0.0930. The number of benzene rings is 1. The van der Waals surface area contributed by atoms with Gasteiger partial charge in [0, 0.05) is 17.5 Å². The van der Waals surface area contributed by atoms with E-state index in [1.807, 2.05) is 0 Å². The van der Waals surface area contributed by atoms with Gasteiger partial charge in [0.25, 0.3) is 5.91 Å². The lowest BCUT2D eigenvalue weighted by Crippen LogP contribution is -3.18. The SMILES string of the molecule is O=C(NC[C@@H]1CCC[NH+]2CCCC[C@@H]12)c1ccc(Cl)cc1Cl. The smallest absolute Gasteiger partial charge is 0.252 e. The second-order valence-electron chi connectivity index (χ2n) is 6.50. The fourth-order valence-electron chi connectivity index (χ4n) is 4.01. The molecule has 3 rings (SSSR count). The molecule has 0 saturated carbocycles. The van der Waals surface area contributed by atoms with E-state index in [2.05, 4.69) is 5.32 Å². The summed E-state index contributed by atoms with van der Waals surface area (Å²) in [6.07, 6.45) is 6.49. The van der Waals surface area contributed by atoms with E-state index in [4.69, 9.17) is 23.2 Å². The molecule has 1 aromatic rings. The summed E-state index contributed by atoms with van der Waals surface area (Å²) in [6.45, 7) is 3.36. The molecule has 0 aromatic heterocycles. The normalized spacial score (nSPS) is 28.0. The number of hydrogen-bond donors (Lipinski definition) is 2. The molecule has 2 fully saturated rings. The zero-order valence-electron chi connectivity index (χ0n) is 12.7. The van der Waals surface area contributed by atoms with Crippen molar-refractivity contribution in [1.29, 1.82) is 0 Å². The predicted molar refractivity (Wildman–Crippen MR) is 89.9 cm³/mol. The summed E-state index contributed by atoms with van der Waals surface area (Å²) in [5, 5.41) is 4.05. The van der Waals surface area contributed by atoms with Crippen LogP contribution in [0, 0.1) is 5.92 Å². The molecular formula is C17H23Cl2N2O+. The lowest BCUT2D eigenvalue weighted by atomic mass is 9.83. The zero-order valence-corrected chi connectivity index (χ0v) is 14.2. The molecule has 120 valence electrons. The monoisotopic (exact) mass is 341 g/mol. The van der Waals surface area contributed by atoms with Crippen LogP contribution in [-0.2, 0) is 0 Å². The molecule has 22 heavy (non-hydrogen) atoms. The number of nitrogens with one attached hydrogen (secondary N) is 2. The Kier molecular flexibility index (Phi) is 5.27. The van der Waals surface area contributed by atoms with Crippen molar-refractivity contribution in [2.45, 2.75) is 38.1 Å². The molecule has 3 nitrogen and oxygen atoms in total.